The zero-order valence-corrected chi connectivity index (χ0v) is 13.0. The van der Waals surface area contributed by atoms with Crippen LogP contribution in [0.1, 0.15) is 20.7 Å². The third-order valence-corrected chi connectivity index (χ3v) is 4.82. The summed E-state index contributed by atoms with van der Waals surface area (Å²) in [4.78, 5) is 37.2. The van der Waals surface area contributed by atoms with Gasteiger partial charge in [0.1, 0.15) is 6.54 Å². The van der Waals surface area contributed by atoms with Gasteiger partial charge in [-0.05, 0) is 18.4 Å². The van der Waals surface area contributed by atoms with E-state index < -0.39 is 17.7 Å². The molecule has 0 bridgehead atoms. The van der Waals surface area contributed by atoms with Gasteiger partial charge in [-0.3, -0.25) is 24.6 Å². The number of hydrogen-bond donors (Lipinski definition) is 1. The molecule has 1 N–H and O–H groups in total. The zero-order chi connectivity index (χ0) is 15.7. The molecule has 3 rings (SSSR count). The second-order valence-corrected chi connectivity index (χ2v) is 6.40. The minimum Gasteiger partial charge on any atom is -0.299 e. The van der Waals surface area contributed by atoms with Crippen molar-refractivity contribution in [2.24, 2.45) is 0 Å². The van der Waals surface area contributed by atoms with Gasteiger partial charge in [0, 0.05) is 0 Å². The van der Waals surface area contributed by atoms with Crippen LogP contribution in [0.2, 0.25) is 0 Å². The van der Waals surface area contributed by atoms with Crippen molar-refractivity contribution in [1.29, 1.82) is 0 Å². The van der Waals surface area contributed by atoms with Crippen LogP contribution >= 0.6 is 23.1 Å². The molecule has 0 unspecified atom stereocenters. The minimum atomic E-state index is -0.488. The first kappa shape index (κ1) is 14.7. The highest BCUT2D eigenvalue weighted by molar-refractivity contribution is 8.00. The molecule has 0 saturated carbocycles. The summed E-state index contributed by atoms with van der Waals surface area (Å²) < 4.78 is 0.719. The number of hydrogen-bond acceptors (Lipinski definition) is 7. The summed E-state index contributed by atoms with van der Waals surface area (Å²) in [6, 6.07) is 6.50. The number of fused-ring (bicyclic) bond motifs is 1. The fourth-order valence-corrected chi connectivity index (χ4v) is 3.21. The standard InChI is InChI=1S/C13H10N4O3S2/c1-21-13-16-15-12(22-13)14-9(18)6-17-10(19)7-4-2-3-5-8(7)11(17)20/h2-5H,6H2,1H3,(H,14,15,18). The maximum absolute atomic E-state index is 12.1. The highest BCUT2D eigenvalue weighted by Gasteiger charge is 2.36. The fraction of sp³-hybridized carbons (Fsp3) is 0.154. The Balaban J connectivity index is 1.70. The first-order chi connectivity index (χ1) is 10.6. The van der Waals surface area contributed by atoms with E-state index in [9.17, 15) is 14.4 Å². The second-order valence-electron chi connectivity index (χ2n) is 4.37. The van der Waals surface area contributed by atoms with Crippen LogP contribution in [0.4, 0.5) is 5.13 Å². The first-order valence-corrected chi connectivity index (χ1v) is 8.27. The number of aromatic nitrogens is 2. The SMILES string of the molecule is CSc1nnc(NC(=O)CN2C(=O)c3ccccc3C2=O)s1. The van der Waals surface area contributed by atoms with Crippen molar-refractivity contribution in [2.75, 3.05) is 18.1 Å². The molecular formula is C13H10N4O3S2. The van der Waals surface area contributed by atoms with E-state index in [0.29, 0.717) is 16.3 Å². The molecular weight excluding hydrogens is 324 g/mol. The lowest BCUT2D eigenvalue weighted by molar-refractivity contribution is -0.116. The normalized spacial score (nSPS) is 13.4. The molecule has 112 valence electrons. The molecule has 0 atom stereocenters. The van der Waals surface area contributed by atoms with Gasteiger partial charge in [-0.2, -0.15) is 0 Å². The van der Waals surface area contributed by atoms with Crippen LogP contribution in [0.3, 0.4) is 0 Å². The predicted molar refractivity (Wildman–Crippen MR) is 82.1 cm³/mol. The Bertz CT molecular complexity index is 739. The molecule has 7 nitrogen and oxygen atoms in total. The first-order valence-electron chi connectivity index (χ1n) is 6.22. The van der Waals surface area contributed by atoms with Crippen LogP contribution in [-0.4, -0.2) is 45.6 Å². The van der Waals surface area contributed by atoms with Gasteiger partial charge in [-0.1, -0.05) is 35.2 Å². The van der Waals surface area contributed by atoms with Gasteiger partial charge in [0.15, 0.2) is 4.34 Å². The molecule has 2 aromatic rings. The maximum Gasteiger partial charge on any atom is 0.262 e. The molecule has 0 aliphatic carbocycles. The van der Waals surface area contributed by atoms with Crippen LogP contribution in [0.15, 0.2) is 28.6 Å². The van der Waals surface area contributed by atoms with Crippen LogP contribution in [0.25, 0.3) is 0 Å². The molecule has 1 aromatic heterocycles. The number of nitrogens with one attached hydrogen (secondary N) is 1. The number of amides is 3. The van der Waals surface area contributed by atoms with E-state index in [1.165, 1.54) is 23.1 Å². The van der Waals surface area contributed by atoms with Crippen LogP contribution in [0, 0.1) is 0 Å². The predicted octanol–water partition coefficient (Wildman–Crippen LogP) is 1.49. The van der Waals surface area contributed by atoms with Crippen LogP contribution in [0.5, 0.6) is 0 Å². The molecule has 1 aliphatic rings. The highest BCUT2D eigenvalue weighted by atomic mass is 32.2. The fourth-order valence-electron chi connectivity index (χ4n) is 2.03. The lowest BCUT2D eigenvalue weighted by Gasteiger charge is -2.12. The van der Waals surface area contributed by atoms with Crippen molar-refractivity contribution in [3.63, 3.8) is 0 Å². The van der Waals surface area contributed by atoms with Gasteiger partial charge in [-0.25, -0.2) is 0 Å². The van der Waals surface area contributed by atoms with E-state index in [1.54, 1.807) is 24.3 Å². The molecule has 0 saturated heterocycles. The number of rotatable bonds is 4. The molecule has 0 fully saturated rings. The summed E-state index contributed by atoms with van der Waals surface area (Å²) in [6.45, 7) is -0.347. The summed E-state index contributed by atoms with van der Waals surface area (Å²) in [5.74, 6) is -1.41. The topological polar surface area (TPSA) is 92.3 Å². The monoisotopic (exact) mass is 334 g/mol. The Labute approximate surface area is 133 Å². The number of benzene rings is 1. The van der Waals surface area contributed by atoms with E-state index in [2.05, 4.69) is 15.5 Å². The van der Waals surface area contributed by atoms with E-state index in [-0.39, 0.29) is 6.54 Å². The summed E-state index contributed by atoms with van der Waals surface area (Å²) in [5, 5.41) is 10.5. The number of carbonyl (C=O) groups is 3. The highest BCUT2D eigenvalue weighted by Crippen LogP contribution is 2.24. The average molecular weight is 334 g/mol. The van der Waals surface area contributed by atoms with Gasteiger partial charge >= 0.3 is 0 Å². The van der Waals surface area contributed by atoms with E-state index in [4.69, 9.17) is 0 Å². The maximum atomic E-state index is 12.1. The lowest BCUT2D eigenvalue weighted by atomic mass is 10.1. The van der Waals surface area contributed by atoms with E-state index in [1.807, 2.05) is 6.26 Å². The number of carbonyl (C=O) groups excluding carboxylic acids is 3. The third kappa shape index (κ3) is 2.60. The molecule has 3 amide bonds. The molecule has 9 heteroatoms. The Morgan fingerprint density at radius 3 is 2.41 bits per heavy atom. The Hall–Kier alpha value is -2.26. The van der Waals surface area contributed by atoms with Crippen molar-refractivity contribution >= 4 is 46.0 Å². The lowest BCUT2D eigenvalue weighted by Crippen LogP contribution is -2.37. The van der Waals surface area contributed by atoms with E-state index >= 15 is 0 Å². The van der Waals surface area contributed by atoms with Crippen LogP contribution < -0.4 is 5.32 Å². The summed E-state index contributed by atoms with van der Waals surface area (Å²) in [5.41, 5.74) is 0.641. The Morgan fingerprint density at radius 2 is 1.86 bits per heavy atom. The Morgan fingerprint density at radius 1 is 1.23 bits per heavy atom. The molecule has 2 heterocycles. The number of thioether (sulfide) groups is 1. The average Bonchev–Trinajstić information content (AvgIpc) is 3.06. The summed E-state index contributed by atoms with van der Waals surface area (Å²) in [6.07, 6.45) is 1.85. The van der Waals surface area contributed by atoms with Crippen molar-refractivity contribution in [3.05, 3.63) is 35.4 Å². The smallest absolute Gasteiger partial charge is 0.262 e. The molecule has 0 spiro atoms. The quantitative estimate of drug-likeness (QED) is 0.517. The largest absolute Gasteiger partial charge is 0.299 e. The zero-order valence-electron chi connectivity index (χ0n) is 11.4. The Kier molecular flexibility index (Phi) is 3.90. The molecule has 0 radical (unpaired) electrons. The van der Waals surface area contributed by atoms with Gasteiger partial charge in [0.2, 0.25) is 11.0 Å². The van der Waals surface area contributed by atoms with Crippen molar-refractivity contribution < 1.29 is 14.4 Å². The molecule has 22 heavy (non-hydrogen) atoms. The third-order valence-electron chi connectivity index (χ3n) is 3.01. The van der Waals surface area contributed by atoms with E-state index in [0.717, 1.165) is 9.24 Å². The minimum absolute atomic E-state index is 0.320. The molecule has 1 aliphatic heterocycles. The number of nitrogens with zero attached hydrogens (tertiary/aromatic N) is 3. The van der Waals surface area contributed by atoms with Gasteiger partial charge < -0.3 is 0 Å². The van der Waals surface area contributed by atoms with Crippen molar-refractivity contribution in [2.45, 2.75) is 4.34 Å². The number of anilines is 1. The van der Waals surface area contributed by atoms with Gasteiger partial charge in [-0.15, -0.1) is 10.2 Å². The second kappa shape index (κ2) is 5.85. The molecule has 1 aromatic carbocycles. The van der Waals surface area contributed by atoms with Crippen LogP contribution in [-0.2, 0) is 4.79 Å². The summed E-state index contributed by atoms with van der Waals surface area (Å²) in [7, 11) is 0. The van der Waals surface area contributed by atoms with Crippen molar-refractivity contribution in [1.82, 2.24) is 15.1 Å². The van der Waals surface area contributed by atoms with Gasteiger partial charge in [0.25, 0.3) is 11.8 Å². The van der Waals surface area contributed by atoms with Gasteiger partial charge in [0.05, 0.1) is 11.1 Å². The van der Waals surface area contributed by atoms with Crippen molar-refractivity contribution in [3.8, 4) is 0 Å². The number of imide groups is 1. The summed E-state index contributed by atoms with van der Waals surface area (Å²) >= 11 is 2.65.